The Labute approximate surface area is 117 Å². The predicted octanol–water partition coefficient (Wildman–Crippen LogP) is 0.741. The number of carbonyl (C=O) groups is 2. The molecule has 0 radical (unpaired) electrons. The van der Waals surface area contributed by atoms with Crippen LogP contribution in [0.25, 0.3) is 0 Å². The number of nitrogens with one attached hydrogen (secondary N) is 3. The summed E-state index contributed by atoms with van der Waals surface area (Å²) in [4.78, 5) is 26.5. The first-order valence-electron chi connectivity index (χ1n) is 6.36. The molecule has 0 aromatic carbocycles. The third-order valence-corrected chi connectivity index (χ3v) is 2.60. The summed E-state index contributed by atoms with van der Waals surface area (Å²) in [6.45, 7) is 6.20. The molecule has 20 heavy (non-hydrogen) atoms. The second-order valence-corrected chi connectivity index (χ2v) is 5.80. The number of carboxylic acid groups (broad SMARTS) is 1. The lowest BCUT2D eigenvalue weighted by Gasteiger charge is -2.23. The zero-order valence-electron chi connectivity index (χ0n) is 11.9. The largest absolute Gasteiger partial charge is 0.481 e. The van der Waals surface area contributed by atoms with Gasteiger partial charge in [-0.1, -0.05) is 20.8 Å². The van der Waals surface area contributed by atoms with E-state index in [2.05, 4.69) is 25.8 Å². The Morgan fingerprint density at radius 2 is 2.10 bits per heavy atom. The average molecular weight is 283 g/mol. The first-order valence-corrected chi connectivity index (χ1v) is 6.36. The molecule has 1 aromatic heterocycles. The Hall–Kier alpha value is -2.12. The van der Waals surface area contributed by atoms with Gasteiger partial charge in [0.1, 0.15) is 12.2 Å². The maximum atomic E-state index is 11.6. The molecule has 1 heterocycles. The molecule has 1 atom stereocenters. The molecule has 2 amide bonds. The molecule has 1 aromatic rings. The van der Waals surface area contributed by atoms with Crippen molar-refractivity contribution in [1.82, 2.24) is 25.8 Å². The third kappa shape index (κ3) is 6.17. The Morgan fingerprint density at radius 1 is 1.40 bits per heavy atom. The number of urea groups is 1. The number of aliphatic carboxylic acids is 1. The first kappa shape index (κ1) is 15.9. The van der Waals surface area contributed by atoms with E-state index in [4.69, 9.17) is 5.11 Å². The van der Waals surface area contributed by atoms with Gasteiger partial charge in [-0.15, -0.1) is 0 Å². The van der Waals surface area contributed by atoms with E-state index in [-0.39, 0.29) is 18.5 Å². The zero-order valence-corrected chi connectivity index (χ0v) is 11.9. The summed E-state index contributed by atoms with van der Waals surface area (Å²) in [5.74, 6) is -0.980. The van der Waals surface area contributed by atoms with E-state index in [0.717, 1.165) is 0 Å². The number of carbonyl (C=O) groups excluding carboxylic acids is 1. The minimum atomic E-state index is -0.907. The Kier molecular flexibility index (Phi) is 5.48. The number of rotatable bonds is 6. The van der Waals surface area contributed by atoms with Crippen LogP contribution in [0.3, 0.4) is 0 Å². The monoisotopic (exact) mass is 283 g/mol. The van der Waals surface area contributed by atoms with Crippen LogP contribution in [0.15, 0.2) is 6.33 Å². The molecule has 1 rings (SSSR count). The highest BCUT2D eigenvalue weighted by Crippen LogP contribution is 2.24. The van der Waals surface area contributed by atoms with Gasteiger partial charge < -0.3 is 15.7 Å². The fourth-order valence-electron chi connectivity index (χ4n) is 1.74. The minimum absolute atomic E-state index is 0.0921. The number of hydrogen-bond donors (Lipinski definition) is 4. The van der Waals surface area contributed by atoms with Crippen molar-refractivity contribution < 1.29 is 14.7 Å². The minimum Gasteiger partial charge on any atom is -0.481 e. The second kappa shape index (κ2) is 6.88. The molecule has 112 valence electrons. The highest BCUT2D eigenvalue weighted by Gasteiger charge is 2.24. The number of aromatic nitrogens is 3. The van der Waals surface area contributed by atoms with E-state index >= 15 is 0 Å². The van der Waals surface area contributed by atoms with Crippen molar-refractivity contribution in [3.63, 3.8) is 0 Å². The van der Waals surface area contributed by atoms with Crippen LogP contribution in [0, 0.1) is 11.3 Å². The van der Waals surface area contributed by atoms with Crippen molar-refractivity contribution >= 4 is 12.0 Å². The van der Waals surface area contributed by atoms with Crippen molar-refractivity contribution in [2.24, 2.45) is 11.3 Å². The summed E-state index contributed by atoms with van der Waals surface area (Å²) in [5, 5.41) is 20.5. The zero-order chi connectivity index (χ0) is 15.2. The molecule has 0 aliphatic rings. The number of H-pyrrole nitrogens is 1. The molecular weight excluding hydrogens is 262 g/mol. The van der Waals surface area contributed by atoms with Crippen LogP contribution >= 0.6 is 0 Å². The molecule has 8 heteroatoms. The molecule has 1 unspecified atom stereocenters. The fourth-order valence-corrected chi connectivity index (χ4v) is 1.74. The van der Waals surface area contributed by atoms with Crippen LogP contribution in [0.2, 0.25) is 0 Å². The van der Waals surface area contributed by atoms with Crippen LogP contribution in [0.5, 0.6) is 0 Å². The summed E-state index contributed by atoms with van der Waals surface area (Å²) >= 11 is 0. The van der Waals surface area contributed by atoms with E-state index in [1.807, 2.05) is 20.8 Å². The topological polar surface area (TPSA) is 120 Å². The van der Waals surface area contributed by atoms with E-state index in [0.29, 0.717) is 12.2 Å². The molecular formula is C12H21N5O3. The van der Waals surface area contributed by atoms with Crippen LogP contribution < -0.4 is 10.6 Å². The average Bonchev–Trinajstić information content (AvgIpc) is 2.83. The summed E-state index contributed by atoms with van der Waals surface area (Å²) in [6, 6.07) is -0.429. The maximum absolute atomic E-state index is 11.6. The second-order valence-electron chi connectivity index (χ2n) is 5.80. The molecule has 4 N–H and O–H groups in total. The van der Waals surface area contributed by atoms with Gasteiger partial charge in [0.05, 0.1) is 12.5 Å². The van der Waals surface area contributed by atoms with Crippen LogP contribution in [-0.2, 0) is 11.3 Å². The predicted molar refractivity (Wildman–Crippen MR) is 71.8 cm³/mol. The normalized spacial score (nSPS) is 12.8. The molecule has 0 spiro atoms. The molecule has 0 saturated carbocycles. The number of amides is 2. The summed E-state index contributed by atoms with van der Waals surface area (Å²) in [6.07, 6.45) is 1.84. The fraction of sp³-hybridized carbons (Fsp3) is 0.667. The van der Waals surface area contributed by atoms with Gasteiger partial charge in [-0.3, -0.25) is 9.89 Å². The SMILES string of the molecule is CC(C)(C)CC(CNC(=O)NCc1ncn[nH]1)C(=O)O. The Bertz CT molecular complexity index is 438. The molecule has 0 aliphatic carbocycles. The van der Waals surface area contributed by atoms with E-state index < -0.39 is 17.9 Å². The smallest absolute Gasteiger partial charge is 0.315 e. The van der Waals surface area contributed by atoms with Crippen molar-refractivity contribution in [2.75, 3.05) is 6.54 Å². The third-order valence-electron chi connectivity index (χ3n) is 2.60. The van der Waals surface area contributed by atoms with Crippen molar-refractivity contribution in [2.45, 2.75) is 33.7 Å². The van der Waals surface area contributed by atoms with Gasteiger partial charge >= 0.3 is 12.0 Å². The van der Waals surface area contributed by atoms with Gasteiger partial charge in [-0.05, 0) is 11.8 Å². The van der Waals surface area contributed by atoms with Crippen LogP contribution in [0.4, 0.5) is 4.79 Å². The number of nitrogens with zero attached hydrogens (tertiary/aromatic N) is 2. The van der Waals surface area contributed by atoms with Gasteiger partial charge in [0, 0.05) is 6.54 Å². The molecule has 0 aliphatic heterocycles. The van der Waals surface area contributed by atoms with Crippen LogP contribution in [-0.4, -0.2) is 38.8 Å². The van der Waals surface area contributed by atoms with Gasteiger partial charge in [-0.25, -0.2) is 9.78 Å². The lowest BCUT2D eigenvalue weighted by molar-refractivity contribution is -0.142. The standard InChI is InChI=1S/C12H21N5O3/c1-12(2,3)4-8(10(18)19)5-13-11(20)14-6-9-15-7-16-17-9/h7-8H,4-6H2,1-3H3,(H,18,19)(H2,13,14,20)(H,15,16,17). The molecule has 0 bridgehead atoms. The highest BCUT2D eigenvalue weighted by atomic mass is 16.4. The van der Waals surface area contributed by atoms with E-state index in [9.17, 15) is 9.59 Å². The maximum Gasteiger partial charge on any atom is 0.315 e. The summed E-state index contributed by atoms with van der Waals surface area (Å²) in [7, 11) is 0. The lowest BCUT2D eigenvalue weighted by atomic mass is 9.84. The Balaban J connectivity index is 2.35. The van der Waals surface area contributed by atoms with E-state index in [1.165, 1.54) is 6.33 Å². The first-order chi connectivity index (χ1) is 9.28. The lowest BCUT2D eigenvalue weighted by Crippen LogP contribution is -2.40. The molecule has 8 nitrogen and oxygen atoms in total. The van der Waals surface area contributed by atoms with Crippen molar-refractivity contribution in [3.05, 3.63) is 12.2 Å². The number of hydrogen-bond acceptors (Lipinski definition) is 4. The van der Waals surface area contributed by atoms with Crippen molar-refractivity contribution in [3.8, 4) is 0 Å². The van der Waals surface area contributed by atoms with Gasteiger partial charge in [0.15, 0.2) is 0 Å². The quantitative estimate of drug-likeness (QED) is 0.613. The molecule has 0 saturated heterocycles. The summed E-state index contributed by atoms with van der Waals surface area (Å²) < 4.78 is 0. The number of aromatic amines is 1. The summed E-state index contributed by atoms with van der Waals surface area (Å²) in [5.41, 5.74) is -0.110. The van der Waals surface area contributed by atoms with Crippen LogP contribution in [0.1, 0.15) is 33.0 Å². The van der Waals surface area contributed by atoms with Gasteiger partial charge in [0.2, 0.25) is 0 Å². The van der Waals surface area contributed by atoms with Gasteiger partial charge in [0.25, 0.3) is 0 Å². The molecule has 0 fully saturated rings. The van der Waals surface area contributed by atoms with Crippen molar-refractivity contribution in [1.29, 1.82) is 0 Å². The van der Waals surface area contributed by atoms with E-state index in [1.54, 1.807) is 0 Å². The highest BCUT2D eigenvalue weighted by molar-refractivity contribution is 5.75. The number of carboxylic acids is 1. The van der Waals surface area contributed by atoms with Gasteiger partial charge in [-0.2, -0.15) is 5.10 Å². The Morgan fingerprint density at radius 3 is 2.60 bits per heavy atom.